The van der Waals surface area contributed by atoms with E-state index in [4.69, 9.17) is 0 Å². The number of para-hydroxylation sites is 1. The van der Waals surface area contributed by atoms with Gasteiger partial charge in [0.15, 0.2) is 0 Å². The van der Waals surface area contributed by atoms with Gasteiger partial charge in [0.1, 0.15) is 5.92 Å². The standard InChI is InChI=1S/C22H21N5O3/c1-14-17(22(30)27(26-14)16-10-6-3-7-11-16)13-24-25-21(29)19-18(12-23-20(19)28)15-8-4-2-5-9-15/h2-11,13,18-19,26H,12H2,1H3,(H,23,28)(H,25,29). The molecular formula is C22H21N5O3. The van der Waals surface area contributed by atoms with E-state index in [-0.39, 0.29) is 17.4 Å². The molecule has 8 nitrogen and oxygen atoms in total. The van der Waals surface area contributed by atoms with Gasteiger partial charge in [0.05, 0.1) is 17.5 Å². The predicted octanol–water partition coefficient (Wildman–Crippen LogP) is 1.45. The Bertz CT molecular complexity index is 1150. The lowest BCUT2D eigenvalue weighted by molar-refractivity contribution is -0.133. The zero-order valence-electron chi connectivity index (χ0n) is 16.3. The predicted molar refractivity (Wildman–Crippen MR) is 113 cm³/mol. The van der Waals surface area contributed by atoms with Gasteiger partial charge >= 0.3 is 0 Å². The molecule has 8 heteroatoms. The second-order valence-electron chi connectivity index (χ2n) is 7.10. The monoisotopic (exact) mass is 403 g/mol. The van der Waals surface area contributed by atoms with Gasteiger partial charge in [-0.25, -0.2) is 10.1 Å². The molecule has 0 aliphatic carbocycles. The minimum atomic E-state index is -0.877. The summed E-state index contributed by atoms with van der Waals surface area (Å²) in [6.07, 6.45) is 1.30. The second-order valence-corrected chi connectivity index (χ2v) is 7.10. The maximum atomic E-state index is 12.7. The second kappa shape index (κ2) is 8.20. The largest absolute Gasteiger partial charge is 0.355 e. The van der Waals surface area contributed by atoms with E-state index < -0.39 is 11.8 Å². The molecule has 4 rings (SSSR count). The Kier molecular flexibility index (Phi) is 5.30. The van der Waals surface area contributed by atoms with Crippen LogP contribution in [0.2, 0.25) is 0 Å². The summed E-state index contributed by atoms with van der Waals surface area (Å²) in [6, 6.07) is 18.6. The summed E-state index contributed by atoms with van der Waals surface area (Å²) in [4.78, 5) is 37.5. The minimum absolute atomic E-state index is 0.266. The highest BCUT2D eigenvalue weighted by Crippen LogP contribution is 2.28. The third kappa shape index (κ3) is 3.67. The number of benzene rings is 2. The van der Waals surface area contributed by atoms with Crippen molar-refractivity contribution in [2.75, 3.05) is 6.54 Å². The van der Waals surface area contributed by atoms with Gasteiger partial charge in [-0.3, -0.25) is 19.5 Å². The van der Waals surface area contributed by atoms with Crippen LogP contribution < -0.4 is 16.3 Å². The summed E-state index contributed by atoms with van der Waals surface area (Å²) in [5.74, 6) is -1.98. The molecule has 3 aromatic rings. The number of H-pyrrole nitrogens is 1. The van der Waals surface area contributed by atoms with Crippen molar-refractivity contribution in [1.82, 2.24) is 20.5 Å². The molecule has 0 radical (unpaired) electrons. The molecule has 1 aromatic heterocycles. The zero-order valence-corrected chi connectivity index (χ0v) is 16.3. The maximum Gasteiger partial charge on any atom is 0.280 e. The van der Waals surface area contributed by atoms with Crippen molar-refractivity contribution in [1.29, 1.82) is 0 Å². The fourth-order valence-electron chi connectivity index (χ4n) is 3.63. The molecule has 3 N–H and O–H groups in total. The molecule has 152 valence electrons. The molecule has 1 fully saturated rings. The van der Waals surface area contributed by atoms with Gasteiger partial charge in [-0.15, -0.1) is 0 Å². The number of rotatable bonds is 5. The number of hydrazone groups is 1. The molecule has 2 aromatic carbocycles. The van der Waals surface area contributed by atoms with Crippen LogP contribution in [0, 0.1) is 12.8 Å². The highest BCUT2D eigenvalue weighted by atomic mass is 16.2. The molecule has 30 heavy (non-hydrogen) atoms. The number of carbonyl (C=O) groups is 2. The van der Waals surface area contributed by atoms with Gasteiger partial charge in [0.25, 0.3) is 11.5 Å². The first-order valence-electron chi connectivity index (χ1n) is 9.59. The van der Waals surface area contributed by atoms with Gasteiger partial charge in [0.2, 0.25) is 5.91 Å². The molecule has 2 heterocycles. The Balaban J connectivity index is 1.51. The average Bonchev–Trinajstić information content (AvgIpc) is 3.29. The zero-order chi connectivity index (χ0) is 21.1. The minimum Gasteiger partial charge on any atom is -0.355 e. The van der Waals surface area contributed by atoms with Crippen molar-refractivity contribution in [3.8, 4) is 5.69 Å². The highest BCUT2D eigenvalue weighted by molar-refractivity contribution is 6.03. The van der Waals surface area contributed by atoms with Crippen molar-refractivity contribution in [2.45, 2.75) is 12.8 Å². The van der Waals surface area contributed by atoms with Crippen LogP contribution in [0.5, 0.6) is 0 Å². The van der Waals surface area contributed by atoms with Crippen molar-refractivity contribution in [2.24, 2.45) is 11.0 Å². The van der Waals surface area contributed by atoms with E-state index in [0.717, 1.165) is 5.56 Å². The number of hydrogen-bond acceptors (Lipinski definition) is 4. The quantitative estimate of drug-likeness (QED) is 0.341. The number of amides is 2. The number of aryl methyl sites for hydroxylation is 1. The van der Waals surface area contributed by atoms with Crippen LogP contribution in [0.3, 0.4) is 0 Å². The van der Waals surface area contributed by atoms with E-state index in [1.54, 1.807) is 6.92 Å². The van der Waals surface area contributed by atoms with Crippen LogP contribution in [-0.4, -0.2) is 34.4 Å². The van der Waals surface area contributed by atoms with Crippen LogP contribution in [0.4, 0.5) is 0 Å². The summed E-state index contributed by atoms with van der Waals surface area (Å²) in [6.45, 7) is 2.14. The van der Waals surface area contributed by atoms with Gasteiger partial charge in [0, 0.05) is 18.2 Å². The molecule has 1 aliphatic rings. The first kappa shape index (κ1) is 19.4. The van der Waals surface area contributed by atoms with Crippen LogP contribution >= 0.6 is 0 Å². The maximum absolute atomic E-state index is 12.7. The summed E-state index contributed by atoms with van der Waals surface area (Å²) in [5, 5.41) is 9.67. The van der Waals surface area contributed by atoms with Crippen LogP contribution in [-0.2, 0) is 9.59 Å². The van der Waals surface area contributed by atoms with Crippen molar-refractivity contribution in [3.63, 3.8) is 0 Å². The fraction of sp³-hybridized carbons (Fsp3) is 0.182. The molecule has 2 atom stereocenters. The highest BCUT2D eigenvalue weighted by Gasteiger charge is 2.40. The summed E-state index contributed by atoms with van der Waals surface area (Å²) in [7, 11) is 0. The Morgan fingerprint density at radius 2 is 1.77 bits per heavy atom. The van der Waals surface area contributed by atoms with Crippen molar-refractivity contribution >= 4 is 18.0 Å². The van der Waals surface area contributed by atoms with E-state index in [1.807, 2.05) is 60.7 Å². The molecular weight excluding hydrogens is 382 g/mol. The first-order valence-corrected chi connectivity index (χ1v) is 9.59. The van der Waals surface area contributed by atoms with Gasteiger partial charge < -0.3 is 5.32 Å². The number of nitrogens with one attached hydrogen (secondary N) is 3. The Morgan fingerprint density at radius 3 is 2.47 bits per heavy atom. The topological polar surface area (TPSA) is 108 Å². The van der Waals surface area contributed by atoms with E-state index in [1.165, 1.54) is 10.9 Å². The van der Waals surface area contributed by atoms with Crippen molar-refractivity contribution in [3.05, 3.63) is 87.8 Å². The van der Waals surface area contributed by atoms with Crippen LogP contribution in [0.1, 0.15) is 22.7 Å². The third-order valence-electron chi connectivity index (χ3n) is 5.19. The molecule has 1 aliphatic heterocycles. The molecule has 2 unspecified atom stereocenters. The summed E-state index contributed by atoms with van der Waals surface area (Å²) < 4.78 is 1.41. The number of carbonyl (C=O) groups excluding carboxylic acids is 2. The Morgan fingerprint density at radius 1 is 1.10 bits per heavy atom. The number of nitrogens with zero attached hydrogens (tertiary/aromatic N) is 2. The van der Waals surface area contributed by atoms with E-state index in [9.17, 15) is 14.4 Å². The molecule has 0 saturated carbocycles. The lowest BCUT2D eigenvalue weighted by Crippen LogP contribution is -2.34. The number of aromatic amines is 1. The normalized spacial score (nSPS) is 18.5. The number of hydrogen-bond donors (Lipinski definition) is 3. The molecule has 2 amide bonds. The lowest BCUT2D eigenvalue weighted by Gasteiger charge is -2.15. The lowest BCUT2D eigenvalue weighted by atomic mass is 9.88. The Labute approximate surface area is 172 Å². The average molecular weight is 403 g/mol. The van der Waals surface area contributed by atoms with Gasteiger partial charge in [-0.2, -0.15) is 5.10 Å². The summed E-state index contributed by atoms with van der Waals surface area (Å²) in [5.41, 5.74) is 4.68. The SMILES string of the molecule is Cc1[nH]n(-c2ccccc2)c(=O)c1C=NNC(=O)C1C(=O)NCC1c1ccccc1. The van der Waals surface area contributed by atoms with Gasteiger partial charge in [-0.05, 0) is 24.6 Å². The third-order valence-corrected chi connectivity index (χ3v) is 5.19. The van der Waals surface area contributed by atoms with E-state index in [2.05, 4.69) is 20.9 Å². The van der Waals surface area contributed by atoms with Crippen molar-refractivity contribution < 1.29 is 9.59 Å². The van der Waals surface area contributed by atoms with Gasteiger partial charge in [-0.1, -0.05) is 48.5 Å². The first-order chi connectivity index (χ1) is 14.6. The van der Waals surface area contributed by atoms with E-state index in [0.29, 0.717) is 23.5 Å². The van der Waals surface area contributed by atoms with E-state index >= 15 is 0 Å². The van der Waals surface area contributed by atoms with Crippen LogP contribution in [0.15, 0.2) is 70.6 Å². The summed E-state index contributed by atoms with van der Waals surface area (Å²) >= 11 is 0. The van der Waals surface area contributed by atoms with Crippen LogP contribution in [0.25, 0.3) is 5.69 Å². The molecule has 1 saturated heterocycles. The smallest absolute Gasteiger partial charge is 0.280 e. The Hall–Kier alpha value is -3.94. The fourth-order valence-corrected chi connectivity index (χ4v) is 3.63. The molecule has 0 spiro atoms. The molecule has 0 bridgehead atoms. The number of aromatic nitrogens is 2.